The van der Waals surface area contributed by atoms with Crippen LogP contribution in [0.4, 0.5) is 10.5 Å². The molecule has 6 N–H and O–H groups in total. The Morgan fingerprint density at radius 1 is 0.927 bits per heavy atom. The molecule has 2 aromatic heterocycles. The largest absolute Gasteiger partial charge is 0.444 e. The van der Waals surface area contributed by atoms with E-state index in [-0.39, 0.29) is 12.5 Å². The Kier molecular flexibility index (Phi) is 11.6. The maximum Gasteiger partial charge on any atom is 0.407 e. The third-order valence-electron chi connectivity index (χ3n) is 5.61. The van der Waals surface area contributed by atoms with Crippen LogP contribution in [0.25, 0.3) is 0 Å². The molecule has 41 heavy (non-hydrogen) atoms. The Bertz CT molecular complexity index is 1220. The zero-order valence-electron chi connectivity index (χ0n) is 23.9. The molecule has 218 valence electrons. The van der Waals surface area contributed by atoms with E-state index in [0.717, 1.165) is 17.0 Å². The average Bonchev–Trinajstić information content (AvgIpc) is 2.89. The first kappa shape index (κ1) is 31.1. The summed E-state index contributed by atoms with van der Waals surface area (Å²) >= 11 is 0. The molecule has 0 spiro atoms. The van der Waals surface area contributed by atoms with E-state index >= 15 is 0 Å². The van der Waals surface area contributed by atoms with Crippen molar-refractivity contribution in [3.05, 3.63) is 102 Å². The summed E-state index contributed by atoms with van der Waals surface area (Å²) in [6.45, 7) is 7.37. The summed E-state index contributed by atoms with van der Waals surface area (Å²) in [6.07, 6.45) is 5.25. The molecule has 0 saturated carbocycles. The molecular weight excluding hydrogens is 520 g/mol. The fourth-order valence-corrected chi connectivity index (χ4v) is 3.91. The molecule has 0 aliphatic carbocycles. The van der Waals surface area contributed by atoms with Crippen LogP contribution in [-0.2, 0) is 29.0 Å². The van der Waals surface area contributed by atoms with Gasteiger partial charge in [0.25, 0.3) is 0 Å². The number of alkyl carbamates (subject to hydrolysis) is 1. The van der Waals surface area contributed by atoms with Crippen molar-refractivity contribution in [3.8, 4) is 0 Å². The second-order valence-corrected chi connectivity index (χ2v) is 10.6. The van der Waals surface area contributed by atoms with E-state index in [1.54, 1.807) is 30.7 Å². The quantitative estimate of drug-likeness (QED) is 0.182. The molecule has 3 aromatic rings. The third kappa shape index (κ3) is 12.5. The highest BCUT2D eigenvalue weighted by atomic mass is 16.6. The van der Waals surface area contributed by atoms with E-state index in [0.29, 0.717) is 44.0 Å². The van der Waals surface area contributed by atoms with Crippen LogP contribution in [0.1, 0.15) is 37.7 Å². The lowest BCUT2D eigenvalue weighted by molar-refractivity contribution is -0.116. The van der Waals surface area contributed by atoms with E-state index < -0.39 is 11.7 Å². The van der Waals surface area contributed by atoms with Gasteiger partial charge in [-0.15, -0.1) is 0 Å². The molecule has 0 aliphatic heterocycles. The second-order valence-electron chi connectivity index (χ2n) is 10.6. The minimum absolute atomic E-state index is 0.0806. The van der Waals surface area contributed by atoms with E-state index in [4.69, 9.17) is 16.3 Å². The van der Waals surface area contributed by atoms with Crippen molar-refractivity contribution in [3.63, 3.8) is 0 Å². The molecule has 0 bridgehead atoms. The van der Waals surface area contributed by atoms with Crippen LogP contribution in [0.15, 0.2) is 85.0 Å². The highest BCUT2D eigenvalue weighted by Gasteiger charge is 2.15. The monoisotopic (exact) mass is 560 g/mol. The molecule has 0 fully saturated rings. The first-order valence-electron chi connectivity index (χ1n) is 13.4. The fraction of sp³-hybridized carbons (Fsp3) is 0.333. The predicted molar refractivity (Wildman–Crippen MR) is 159 cm³/mol. The Labute approximate surface area is 241 Å². The first-order chi connectivity index (χ1) is 19.6. The van der Waals surface area contributed by atoms with Crippen LogP contribution in [-0.4, -0.2) is 57.1 Å². The van der Waals surface area contributed by atoms with Crippen molar-refractivity contribution in [1.82, 2.24) is 25.2 Å². The highest BCUT2D eigenvalue weighted by molar-refractivity contribution is 5.92. The van der Waals surface area contributed by atoms with Gasteiger partial charge in [-0.05, 0) is 69.2 Å². The number of nitrogens with zero attached hydrogens (tertiary/aromatic N) is 4. The lowest BCUT2D eigenvalue weighted by Gasteiger charge is -2.23. The van der Waals surface area contributed by atoms with Crippen molar-refractivity contribution >= 4 is 17.7 Å². The smallest absolute Gasteiger partial charge is 0.407 e. The number of benzene rings is 1. The number of nitrogens with two attached hydrogens (primary N) is 2. The van der Waals surface area contributed by atoms with Gasteiger partial charge >= 0.3 is 6.09 Å². The number of carbonyl (C=O) groups excluding carboxylic acids is 2. The number of hydrogen-bond donors (Lipinski definition) is 4. The summed E-state index contributed by atoms with van der Waals surface area (Å²) in [5, 5.41) is 6.83. The molecule has 0 unspecified atom stereocenters. The van der Waals surface area contributed by atoms with E-state index in [2.05, 4.69) is 25.5 Å². The number of amides is 2. The summed E-state index contributed by atoms with van der Waals surface area (Å²) in [5.74, 6) is 5.80. The average molecular weight is 561 g/mol. The summed E-state index contributed by atoms with van der Waals surface area (Å²) in [6, 6.07) is 18.9. The van der Waals surface area contributed by atoms with Gasteiger partial charge in [-0.3, -0.25) is 19.7 Å². The number of anilines is 1. The van der Waals surface area contributed by atoms with E-state index in [1.165, 1.54) is 5.01 Å². The van der Waals surface area contributed by atoms with Crippen LogP contribution >= 0.6 is 0 Å². The molecule has 1 aromatic carbocycles. The lowest BCUT2D eigenvalue weighted by atomic mass is 10.1. The van der Waals surface area contributed by atoms with Crippen LogP contribution < -0.4 is 22.2 Å². The SMILES string of the molecule is CC(C)(C)OC(=O)NCCc1ccc(NC(=O)CN(N)/C=C(\N)CN(Cc2ccccn2)Cc2ccccn2)cc1. The molecule has 0 aliphatic rings. The number of hydrazine groups is 1. The maximum absolute atomic E-state index is 12.6. The standard InChI is InChI=1S/C30H40N8O3/c1-30(2,3)41-29(40)35-17-14-23-10-12-25(13-11-23)36-28(39)22-38(32)19-24(31)18-37(20-26-8-4-6-15-33-26)21-27-9-5-7-16-34-27/h4-13,15-16,19H,14,17-18,20-22,31-32H2,1-3H3,(H,35,40)(H,36,39)/b24-19-. The number of hydrogen-bond acceptors (Lipinski definition) is 9. The Morgan fingerprint density at radius 3 is 2.07 bits per heavy atom. The summed E-state index contributed by atoms with van der Waals surface area (Å²) in [5.41, 5.74) is 9.73. The lowest BCUT2D eigenvalue weighted by Crippen LogP contribution is -2.36. The molecule has 0 saturated heterocycles. The van der Waals surface area contributed by atoms with Gasteiger partial charge in [0.15, 0.2) is 0 Å². The van der Waals surface area contributed by atoms with Gasteiger partial charge in [-0.2, -0.15) is 0 Å². The van der Waals surface area contributed by atoms with Gasteiger partial charge < -0.3 is 26.1 Å². The van der Waals surface area contributed by atoms with Gasteiger partial charge in [-0.1, -0.05) is 24.3 Å². The van der Waals surface area contributed by atoms with Gasteiger partial charge in [0.1, 0.15) is 12.1 Å². The van der Waals surface area contributed by atoms with E-state index in [1.807, 2.05) is 69.3 Å². The van der Waals surface area contributed by atoms with Crippen molar-refractivity contribution < 1.29 is 14.3 Å². The van der Waals surface area contributed by atoms with Gasteiger partial charge in [-0.25, -0.2) is 10.6 Å². The number of pyridine rings is 2. The van der Waals surface area contributed by atoms with Crippen molar-refractivity contribution in [2.24, 2.45) is 11.6 Å². The van der Waals surface area contributed by atoms with Crippen LogP contribution in [0, 0.1) is 0 Å². The number of rotatable bonds is 13. The minimum atomic E-state index is -0.537. The minimum Gasteiger partial charge on any atom is -0.444 e. The number of aromatic nitrogens is 2. The number of nitrogens with one attached hydrogen (secondary N) is 2. The van der Waals surface area contributed by atoms with Gasteiger partial charge in [0, 0.05) is 56.2 Å². The Hall–Kier alpha value is -4.48. The second kappa shape index (κ2) is 15.3. The van der Waals surface area contributed by atoms with Crippen LogP contribution in [0.3, 0.4) is 0 Å². The number of carbonyl (C=O) groups is 2. The molecule has 11 heteroatoms. The van der Waals surface area contributed by atoms with Crippen LogP contribution in [0.5, 0.6) is 0 Å². The van der Waals surface area contributed by atoms with Gasteiger partial charge in [0.05, 0.1) is 11.4 Å². The summed E-state index contributed by atoms with van der Waals surface area (Å²) in [4.78, 5) is 35.3. The molecule has 3 rings (SSSR count). The maximum atomic E-state index is 12.6. The van der Waals surface area contributed by atoms with Crippen LogP contribution in [0.2, 0.25) is 0 Å². The third-order valence-corrected chi connectivity index (χ3v) is 5.61. The number of ether oxygens (including phenoxy) is 1. The first-order valence-corrected chi connectivity index (χ1v) is 13.4. The zero-order chi connectivity index (χ0) is 29.7. The topological polar surface area (TPSA) is 152 Å². The van der Waals surface area contributed by atoms with Crippen molar-refractivity contribution in [2.45, 2.75) is 45.9 Å². The zero-order valence-corrected chi connectivity index (χ0v) is 23.9. The summed E-state index contributed by atoms with van der Waals surface area (Å²) < 4.78 is 5.23. The highest BCUT2D eigenvalue weighted by Crippen LogP contribution is 2.11. The molecule has 2 heterocycles. The Balaban J connectivity index is 1.47. The molecule has 0 atom stereocenters. The van der Waals surface area contributed by atoms with Crippen molar-refractivity contribution in [2.75, 3.05) is 25.0 Å². The molecule has 2 amide bonds. The fourth-order valence-electron chi connectivity index (χ4n) is 3.91. The Morgan fingerprint density at radius 2 is 1.54 bits per heavy atom. The van der Waals surface area contributed by atoms with E-state index in [9.17, 15) is 9.59 Å². The molecule has 0 radical (unpaired) electrons. The molecular formula is C30H40N8O3. The predicted octanol–water partition coefficient (Wildman–Crippen LogP) is 3.16. The van der Waals surface area contributed by atoms with Gasteiger partial charge in [0.2, 0.25) is 5.91 Å². The molecule has 11 nitrogen and oxygen atoms in total. The summed E-state index contributed by atoms with van der Waals surface area (Å²) in [7, 11) is 0. The van der Waals surface area contributed by atoms with Crippen molar-refractivity contribution in [1.29, 1.82) is 0 Å². The normalized spacial score (nSPS) is 11.7.